The standard InChI is InChI=1S/C25H37N5O3/c1-17(2)26-23(31)19-8-10-20(11-9-19)30(25(32)33-3)24-27-21-12-7-18(15-22(21)28-24)16-29-13-5-4-6-14-29/h7,12,15,17,19-20H,4-6,8-11,13-14,16H2,1-3H3,(H,26,31)(H,27,28). The molecule has 0 radical (unpaired) electrons. The number of H-pyrrole nitrogens is 1. The molecule has 0 atom stereocenters. The molecule has 8 nitrogen and oxygen atoms in total. The summed E-state index contributed by atoms with van der Waals surface area (Å²) in [5.74, 6) is 0.622. The number of nitrogens with one attached hydrogen (secondary N) is 2. The highest BCUT2D eigenvalue weighted by atomic mass is 16.5. The quantitative estimate of drug-likeness (QED) is 0.681. The summed E-state index contributed by atoms with van der Waals surface area (Å²) in [5, 5.41) is 3.01. The number of carbonyl (C=O) groups is 2. The zero-order valence-corrected chi connectivity index (χ0v) is 20.1. The van der Waals surface area contributed by atoms with Crippen LogP contribution in [0.15, 0.2) is 18.2 Å². The third-order valence-electron chi connectivity index (χ3n) is 6.85. The molecule has 1 aliphatic heterocycles. The molecule has 8 heteroatoms. The van der Waals surface area contributed by atoms with E-state index in [2.05, 4.69) is 27.3 Å². The van der Waals surface area contributed by atoms with Crippen LogP contribution in [-0.2, 0) is 16.1 Å². The molecule has 1 saturated heterocycles. The van der Waals surface area contributed by atoms with E-state index in [1.165, 1.54) is 31.9 Å². The van der Waals surface area contributed by atoms with Gasteiger partial charge >= 0.3 is 6.09 Å². The van der Waals surface area contributed by atoms with E-state index in [9.17, 15) is 9.59 Å². The Morgan fingerprint density at radius 1 is 1.18 bits per heavy atom. The zero-order valence-electron chi connectivity index (χ0n) is 20.1. The summed E-state index contributed by atoms with van der Waals surface area (Å²) in [6.45, 7) is 7.19. The van der Waals surface area contributed by atoms with Crippen molar-refractivity contribution in [3.63, 3.8) is 0 Å². The van der Waals surface area contributed by atoms with Gasteiger partial charge in [-0.25, -0.2) is 14.7 Å². The van der Waals surface area contributed by atoms with Gasteiger partial charge in [-0.2, -0.15) is 0 Å². The number of fused-ring (bicyclic) bond motifs is 1. The van der Waals surface area contributed by atoms with Gasteiger partial charge in [-0.15, -0.1) is 0 Å². The molecule has 180 valence electrons. The number of carbonyl (C=O) groups excluding carboxylic acids is 2. The molecule has 2 amide bonds. The maximum absolute atomic E-state index is 12.7. The van der Waals surface area contributed by atoms with Gasteiger partial charge < -0.3 is 15.0 Å². The Morgan fingerprint density at radius 3 is 2.58 bits per heavy atom. The van der Waals surface area contributed by atoms with Crippen molar-refractivity contribution in [3.8, 4) is 0 Å². The zero-order chi connectivity index (χ0) is 23.4. The first-order valence-electron chi connectivity index (χ1n) is 12.3. The summed E-state index contributed by atoms with van der Waals surface area (Å²) in [4.78, 5) is 37.3. The van der Waals surface area contributed by atoms with Gasteiger partial charge in [-0.05, 0) is 83.2 Å². The predicted molar refractivity (Wildman–Crippen MR) is 129 cm³/mol. The fourth-order valence-electron chi connectivity index (χ4n) is 5.14. The van der Waals surface area contributed by atoms with E-state index in [0.717, 1.165) is 56.4 Å². The van der Waals surface area contributed by atoms with Gasteiger partial charge in [0.2, 0.25) is 11.9 Å². The minimum Gasteiger partial charge on any atom is -0.452 e. The molecule has 2 aliphatic rings. The van der Waals surface area contributed by atoms with Crippen molar-refractivity contribution >= 4 is 29.0 Å². The summed E-state index contributed by atoms with van der Waals surface area (Å²) < 4.78 is 5.11. The number of piperidine rings is 1. The lowest BCUT2D eigenvalue weighted by Gasteiger charge is -2.34. The van der Waals surface area contributed by atoms with Crippen LogP contribution in [0, 0.1) is 5.92 Å². The third kappa shape index (κ3) is 5.66. The lowest BCUT2D eigenvalue weighted by Crippen LogP contribution is -2.45. The second kappa shape index (κ2) is 10.5. The van der Waals surface area contributed by atoms with Gasteiger partial charge in [0.1, 0.15) is 0 Å². The molecule has 2 heterocycles. The number of likely N-dealkylation sites (tertiary alicyclic amines) is 1. The average Bonchev–Trinajstić information content (AvgIpc) is 3.22. The molecule has 33 heavy (non-hydrogen) atoms. The number of rotatable bonds is 6. The number of hydrogen-bond acceptors (Lipinski definition) is 5. The smallest absolute Gasteiger partial charge is 0.416 e. The summed E-state index contributed by atoms with van der Waals surface area (Å²) >= 11 is 0. The van der Waals surface area contributed by atoms with Crippen molar-refractivity contribution in [2.45, 2.75) is 77.4 Å². The molecule has 1 aliphatic carbocycles. The Bertz CT molecular complexity index is 958. The number of amides is 2. The van der Waals surface area contributed by atoms with Crippen LogP contribution in [0.25, 0.3) is 11.0 Å². The molecule has 2 N–H and O–H groups in total. The van der Waals surface area contributed by atoms with Crippen molar-refractivity contribution < 1.29 is 14.3 Å². The number of aromatic amines is 1. The SMILES string of the molecule is COC(=O)N(c1nc2ccc(CN3CCCCC3)cc2[nH]1)C1CCC(C(=O)NC(C)C)CC1. The van der Waals surface area contributed by atoms with Crippen molar-refractivity contribution in [2.24, 2.45) is 5.92 Å². The van der Waals surface area contributed by atoms with E-state index in [0.29, 0.717) is 5.95 Å². The molecular formula is C25H37N5O3. The molecule has 2 aromatic rings. The maximum Gasteiger partial charge on any atom is 0.416 e. The van der Waals surface area contributed by atoms with Gasteiger partial charge in [0.25, 0.3) is 0 Å². The number of ether oxygens (including phenoxy) is 1. The third-order valence-corrected chi connectivity index (χ3v) is 6.85. The minimum atomic E-state index is -0.419. The topological polar surface area (TPSA) is 90.6 Å². The number of hydrogen-bond donors (Lipinski definition) is 2. The van der Waals surface area contributed by atoms with E-state index in [1.54, 1.807) is 4.90 Å². The Labute approximate surface area is 196 Å². The lowest BCUT2D eigenvalue weighted by molar-refractivity contribution is -0.126. The van der Waals surface area contributed by atoms with Gasteiger partial charge in [-0.1, -0.05) is 12.5 Å². The van der Waals surface area contributed by atoms with E-state index in [-0.39, 0.29) is 23.9 Å². The summed E-state index contributed by atoms with van der Waals surface area (Å²) in [6, 6.07) is 6.38. The van der Waals surface area contributed by atoms with E-state index >= 15 is 0 Å². The average molecular weight is 456 g/mol. The normalized spacial score (nSPS) is 21.8. The van der Waals surface area contributed by atoms with Gasteiger partial charge in [-0.3, -0.25) is 9.69 Å². The van der Waals surface area contributed by atoms with Crippen LogP contribution in [0.3, 0.4) is 0 Å². The number of anilines is 1. The molecule has 0 spiro atoms. The molecule has 0 bridgehead atoms. The van der Waals surface area contributed by atoms with E-state index in [4.69, 9.17) is 9.72 Å². The molecule has 0 unspecified atom stereocenters. The lowest BCUT2D eigenvalue weighted by atomic mass is 9.84. The highest BCUT2D eigenvalue weighted by molar-refractivity contribution is 5.89. The van der Waals surface area contributed by atoms with E-state index < -0.39 is 6.09 Å². The summed E-state index contributed by atoms with van der Waals surface area (Å²) in [7, 11) is 1.40. The van der Waals surface area contributed by atoms with Crippen LogP contribution in [0.1, 0.15) is 64.4 Å². The summed E-state index contributed by atoms with van der Waals surface area (Å²) in [5.41, 5.74) is 3.02. The Kier molecular flexibility index (Phi) is 7.53. The fourth-order valence-corrected chi connectivity index (χ4v) is 5.14. The van der Waals surface area contributed by atoms with Crippen molar-refractivity contribution in [1.29, 1.82) is 0 Å². The fraction of sp³-hybridized carbons (Fsp3) is 0.640. The second-order valence-electron chi connectivity index (χ2n) is 9.76. The van der Waals surface area contributed by atoms with Crippen LogP contribution >= 0.6 is 0 Å². The number of benzene rings is 1. The molecular weight excluding hydrogens is 418 g/mol. The molecule has 1 aromatic heterocycles. The van der Waals surface area contributed by atoms with Gasteiger partial charge in [0.05, 0.1) is 18.1 Å². The molecule has 2 fully saturated rings. The highest BCUT2D eigenvalue weighted by Gasteiger charge is 2.34. The van der Waals surface area contributed by atoms with Gasteiger partial charge in [0.15, 0.2) is 0 Å². The molecule has 1 saturated carbocycles. The first-order chi connectivity index (χ1) is 15.9. The van der Waals surface area contributed by atoms with Crippen molar-refractivity contribution in [3.05, 3.63) is 23.8 Å². The van der Waals surface area contributed by atoms with Crippen LogP contribution < -0.4 is 10.2 Å². The highest BCUT2D eigenvalue weighted by Crippen LogP contribution is 2.31. The molecule has 1 aromatic carbocycles. The van der Waals surface area contributed by atoms with Crippen molar-refractivity contribution in [1.82, 2.24) is 20.2 Å². The van der Waals surface area contributed by atoms with E-state index in [1.807, 2.05) is 19.9 Å². The Balaban J connectivity index is 1.48. The Morgan fingerprint density at radius 2 is 1.91 bits per heavy atom. The van der Waals surface area contributed by atoms with Gasteiger partial charge in [0, 0.05) is 24.5 Å². The Hall–Kier alpha value is -2.61. The monoisotopic (exact) mass is 455 g/mol. The number of nitrogens with zero attached hydrogens (tertiary/aromatic N) is 3. The number of methoxy groups -OCH3 is 1. The minimum absolute atomic E-state index is 0.00355. The van der Waals surface area contributed by atoms with Crippen molar-refractivity contribution in [2.75, 3.05) is 25.1 Å². The van der Waals surface area contributed by atoms with Crippen LogP contribution in [-0.4, -0.2) is 59.2 Å². The molecule has 4 rings (SSSR count). The second-order valence-corrected chi connectivity index (χ2v) is 9.76. The summed E-state index contributed by atoms with van der Waals surface area (Å²) in [6.07, 6.45) is 6.42. The maximum atomic E-state index is 12.7. The number of imidazole rings is 1. The first kappa shape index (κ1) is 23.5. The predicted octanol–water partition coefficient (Wildman–Crippen LogP) is 4.21. The van der Waals surface area contributed by atoms with Crippen LogP contribution in [0.2, 0.25) is 0 Å². The number of aromatic nitrogens is 2. The first-order valence-corrected chi connectivity index (χ1v) is 12.3. The largest absolute Gasteiger partial charge is 0.452 e. The van der Waals surface area contributed by atoms with Crippen LogP contribution in [0.5, 0.6) is 0 Å². The van der Waals surface area contributed by atoms with Crippen LogP contribution in [0.4, 0.5) is 10.7 Å².